The van der Waals surface area contributed by atoms with Crippen molar-refractivity contribution in [1.82, 2.24) is 0 Å². The van der Waals surface area contributed by atoms with Crippen LogP contribution in [0, 0.1) is 0 Å². The predicted molar refractivity (Wildman–Crippen MR) is 87.7 cm³/mol. The molecule has 0 aromatic carbocycles. The van der Waals surface area contributed by atoms with E-state index in [4.69, 9.17) is 41.1 Å². The maximum Gasteiger partial charge on any atom is 0.485 e. The summed E-state index contributed by atoms with van der Waals surface area (Å²) in [7, 11) is -6.09. The van der Waals surface area contributed by atoms with Gasteiger partial charge in [-0.1, -0.05) is 0 Å². The third kappa shape index (κ3) is 7.95. The van der Waals surface area contributed by atoms with Crippen molar-refractivity contribution in [2.75, 3.05) is 6.61 Å². The monoisotopic (exact) mass is 480 g/mol. The molecule has 0 bridgehead atoms. The van der Waals surface area contributed by atoms with E-state index in [1.165, 1.54) is 20.8 Å². The molecular weight excluding hydrogens is 461 g/mol. The molecule has 12 nitrogen and oxygen atoms in total. The lowest BCUT2D eigenvalue weighted by atomic mass is 9.98. The van der Waals surface area contributed by atoms with Crippen molar-refractivity contribution in [2.24, 2.45) is 0 Å². The van der Waals surface area contributed by atoms with E-state index in [0.29, 0.717) is 0 Å². The number of rotatable bonds is 4. The molecule has 0 aromatic rings. The predicted octanol–water partition coefficient (Wildman–Crippen LogP) is -0.330. The molecule has 0 aromatic heterocycles. The molecule has 1 fully saturated rings. The fraction of sp³-hybridized carbons (Fsp3) is 0.733. The Kier molecular flexibility index (Phi) is 8.77. The maximum atomic E-state index is 11.4. The normalized spacial score (nSPS) is 27.5. The summed E-state index contributed by atoms with van der Waals surface area (Å²) in [5.41, 5.74) is -5.65. The minimum atomic E-state index is -6.09. The maximum absolute atomic E-state index is 11.4. The Morgan fingerprint density at radius 2 is 1.55 bits per heavy atom. The molecule has 2 heterocycles. The zero-order valence-corrected chi connectivity index (χ0v) is 17.4. The van der Waals surface area contributed by atoms with E-state index in [1.54, 1.807) is 6.92 Å². The van der Waals surface area contributed by atoms with Crippen LogP contribution >= 0.6 is 0 Å². The Bertz CT molecular complexity index is 822. The number of ether oxygens (including phenoxy) is 5. The molecule has 0 saturated carbocycles. The summed E-state index contributed by atoms with van der Waals surface area (Å²) in [5.74, 6) is -1.45. The van der Waals surface area contributed by atoms with Gasteiger partial charge in [-0.3, -0.25) is 18.8 Å². The second-order valence-corrected chi connectivity index (χ2v) is 7.46. The zero-order valence-electron chi connectivity index (χ0n) is 16.5. The van der Waals surface area contributed by atoms with Crippen molar-refractivity contribution in [3.63, 3.8) is 0 Å². The van der Waals surface area contributed by atoms with E-state index in [1.807, 2.05) is 0 Å². The second-order valence-electron chi connectivity index (χ2n) is 6.09. The first kappa shape index (κ1) is 26.6. The Labute approximate surface area is 174 Å². The lowest BCUT2D eigenvalue weighted by molar-refractivity contribution is -0.570. The van der Waals surface area contributed by atoms with Gasteiger partial charge in [0, 0.05) is 20.8 Å². The van der Waals surface area contributed by atoms with Crippen molar-refractivity contribution >= 4 is 34.0 Å². The van der Waals surface area contributed by atoms with Gasteiger partial charge in [0.05, 0.1) is 6.92 Å². The number of fused-ring (bicyclic) bond motifs is 1. The standard InChI is InChI=1S/C14H19O9.CHF3O3S/c1-6(15)18-5-10-11(19-7(2)16)12(20-8(3)17)13-14(23-10)22-9(4)21-13;2-1(3,4)8(5,6)7/h10-14H,5H2,1-4H3;(H,5,6,7)/q+1;/p-1/t10-,11-,12+,13-,14+;/m1./s1. The Balaban J connectivity index is 0.000000512. The van der Waals surface area contributed by atoms with E-state index in [0.717, 1.165) is 0 Å². The highest BCUT2D eigenvalue weighted by Gasteiger charge is 2.61. The van der Waals surface area contributed by atoms with Gasteiger partial charge in [-0.05, 0) is 0 Å². The zero-order chi connectivity index (χ0) is 24.1. The molecule has 0 amide bonds. The van der Waals surface area contributed by atoms with Gasteiger partial charge in [0.2, 0.25) is 6.10 Å². The molecule has 0 radical (unpaired) electrons. The molecule has 0 N–H and O–H groups in total. The first-order chi connectivity index (χ1) is 14.0. The number of alkyl halides is 3. The number of esters is 4. The first-order valence-corrected chi connectivity index (χ1v) is 9.76. The van der Waals surface area contributed by atoms with Crippen molar-refractivity contribution in [3.8, 4) is 0 Å². The summed E-state index contributed by atoms with van der Waals surface area (Å²) in [4.78, 5) is 33.8. The van der Waals surface area contributed by atoms with Crippen molar-refractivity contribution in [2.45, 2.75) is 63.9 Å². The quantitative estimate of drug-likeness (QED) is 0.170. The highest BCUT2D eigenvalue weighted by Crippen LogP contribution is 2.31. The minimum Gasteiger partial charge on any atom is -0.741 e. The van der Waals surface area contributed by atoms with Gasteiger partial charge in [0.1, 0.15) is 12.7 Å². The molecule has 2 rings (SSSR count). The smallest absolute Gasteiger partial charge is 0.485 e. The van der Waals surface area contributed by atoms with Crippen LogP contribution in [0.5, 0.6) is 0 Å². The Morgan fingerprint density at radius 3 is 1.97 bits per heavy atom. The third-order valence-corrected chi connectivity index (χ3v) is 4.08. The van der Waals surface area contributed by atoms with Crippen LogP contribution in [0.4, 0.5) is 13.2 Å². The van der Waals surface area contributed by atoms with Crippen LogP contribution in [0.25, 0.3) is 0 Å². The van der Waals surface area contributed by atoms with Crippen LogP contribution in [0.15, 0.2) is 0 Å². The number of halogens is 3. The third-order valence-electron chi connectivity index (χ3n) is 3.51. The summed E-state index contributed by atoms with van der Waals surface area (Å²) in [5, 5.41) is 0. The number of carbonyl (C=O) groups excluding carboxylic acids is 4. The van der Waals surface area contributed by atoms with E-state index < -0.39 is 64.2 Å². The summed E-state index contributed by atoms with van der Waals surface area (Å²) in [6, 6.07) is 0. The number of hydrogen-bond donors (Lipinski definition) is 0. The van der Waals surface area contributed by atoms with Gasteiger partial charge in [-0.15, -0.1) is 0 Å². The molecular formula is C15H19F3O12S. The van der Waals surface area contributed by atoms with Gasteiger partial charge >= 0.3 is 41.8 Å². The van der Waals surface area contributed by atoms with Crippen molar-refractivity contribution in [3.05, 3.63) is 0 Å². The van der Waals surface area contributed by atoms with Crippen LogP contribution in [0.3, 0.4) is 0 Å². The lowest BCUT2D eigenvalue weighted by Gasteiger charge is -2.36. The fourth-order valence-corrected chi connectivity index (χ4v) is 2.47. The first-order valence-electron chi connectivity index (χ1n) is 8.35. The largest absolute Gasteiger partial charge is 0.741 e. The molecule has 0 spiro atoms. The molecule has 178 valence electrons. The van der Waals surface area contributed by atoms with Crippen molar-refractivity contribution in [1.29, 1.82) is 0 Å². The topological polar surface area (TPSA) is 166 Å². The van der Waals surface area contributed by atoms with Crippen molar-refractivity contribution < 1.29 is 68.6 Å². The summed E-state index contributed by atoms with van der Waals surface area (Å²) in [6.45, 7) is 5.07. The molecule has 2 aliphatic rings. The summed E-state index contributed by atoms with van der Waals surface area (Å²) in [6.07, 6.45) is -4.44. The van der Waals surface area contributed by atoms with E-state index in [9.17, 15) is 27.6 Å². The summed E-state index contributed by atoms with van der Waals surface area (Å²) < 4.78 is 90.8. The average Bonchev–Trinajstić information content (AvgIpc) is 2.93. The highest BCUT2D eigenvalue weighted by molar-refractivity contribution is 7.86. The molecule has 0 aliphatic carbocycles. The minimum absolute atomic E-state index is 0.184. The number of carbonyl (C=O) groups is 3. The van der Waals surface area contributed by atoms with Gasteiger partial charge in [0.15, 0.2) is 16.2 Å². The molecule has 5 atom stereocenters. The van der Waals surface area contributed by atoms with Gasteiger partial charge in [-0.2, -0.15) is 13.2 Å². The second kappa shape index (κ2) is 10.2. The van der Waals surface area contributed by atoms with Crippen LogP contribution in [-0.2, 0) is 52.6 Å². The van der Waals surface area contributed by atoms with Crippen LogP contribution in [0.1, 0.15) is 27.7 Å². The Hall–Kier alpha value is -2.46. The molecule has 2 aliphatic heterocycles. The highest BCUT2D eigenvalue weighted by atomic mass is 32.2. The van der Waals surface area contributed by atoms with Crippen LogP contribution in [-0.4, -0.2) is 79.7 Å². The van der Waals surface area contributed by atoms with Crippen LogP contribution in [0.2, 0.25) is 0 Å². The molecule has 1 saturated heterocycles. The SMILES string of the molecule is CC(=O)OC[C@H]1O[C@@H]2[O+]=C(C)O[C@@H]2[C@@H](OC(C)=O)[C@@H]1OC(C)=O.O=S(=O)([O-])C(F)(F)F. The molecule has 31 heavy (non-hydrogen) atoms. The Morgan fingerprint density at radius 1 is 1.06 bits per heavy atom. The van der Waals surface area contributed by atoms with E-state index in [-0.39, 0.29) is 12.6 Å². The van der Waals surface area contributed by atoms with E-state index >= 15 is 0 Å². The molecule has 0 unspecified atom stereocenters. The van der Waals surface area contributed by atoms with Gasteiger partial charge < -0.3 is 28.2 Å². The van der Waals surface area contributed by atoms with Gasteiger partial charge in [-0.25, -0.2) is 8.42 Å². The fourth-order valence-electron chi connectivity index (χ4n) is 2.47. The molecule has 16 heteroatoms. The lowest BCUT2D eigenvalue weighted by Crippen LogP contribution is -2.60. The van der Waals surface area contributed by atoms with Crippen LogP contribution < -0.4 is 0 Å². The van der Waals surface area contributed by atoms with Gasteiger partial charge in [0.25, 0.3) is 0 Å². The average molecular weight is 480 g/mol. The van der Waals surface area contributed by atoms with E-state index in [2.05, 4.69) is 0 Å². The number of hydrogen-bond acceptors (Lipinski definition) is 11. The summed E-state index contributed by atoms with van der Waals surface area (Å²) >= 11 is 0.